The van der Waals surface area contributed by atoms with Crippen molar-refractivity contribution in [3.05, 3.63) is 35.4 Å². The number of nitrogens with one attached hydrogen (secondary N) is 1. The molecule has 1 unspecified atom stereocenters. The average molecular weight is 442 g/mol. The zero-order valence-electron chi connectivity index (χ0n) is 17.7. The summed E-state index contributed by atoms with van der Waals surface area (Å²) in [6, 6.07) is 4.27. The van der Waals surface area contributed by atoms with E-state index in [2.05, 4.69) is 10.2 Å². The second-order valence-corrected chi connectivity index (χ2v) is 7.80. The van der Waals surface area contributed by atoms with Gasteiger partial charge in [0.2, 0.25) is 0 Å². The van der Waals surface area contributed by atoms with E-state index in [0.29, 0.717) is 52.4 Å². The van der Waals surface area contributed by atoms with E-state index in [1.807, 2.05) is 6.92 Å². The maximum atomic E-state index is 12.7. The maximum Gasteiger partial charge on any atom is 0.416 e. The van der Waals surface area contributed by atoms with Gasteiger partial charge in [0, 0.05) is 51.4 Å². The fraction of sp³-hybridized carbons (Fsp3) is 0.619. The van der Waals surface area contributed by atoms with Crippen molar-refractivity contribution in [2.45, 2.75) is 25.6 Å². The zero-order valence-corrected chi connectivity index (χ0v) is 17.7. The smallest absolute Gasteiger partial charge is 0.373 e. The summed E-state index contributed by atoms with van der Waals surface area (Å²) in [5, 5.41) is 2.81. The number of carbonyl (C=O) groups excluding carboxylic acids is 2. The highest BCUT2D eigenvalue weighted by Gasteiger charge is 2.31. The zero-order chi connectivity index (χ0) is 22.4. The number of benzene rings is 1. The number of ether oxygens (including phenoxy) is 1. The minimum Gasteiger partial charge on any atom is -0.373 e. The highest BCUT2D eigenvalue weighted by molar-refractivity contribution is 5.94. The molecular formula is C21H29F3N4O3. The van der Waals surface area contributed by atoms with Gasteiger partial charge in [0.25, 0.3) is 5.91 Å². The van der Waals surface area contributed by atoms with E-state index >= 15 is 0 Å². The van der Waals surface area contributed by atoms with E-state index in [4.69, 9.17) is 4.74 Å². The van der Waals surface area contributed by atoms with E-state index in [-0.39, 0.29) is 23.6 Å². The standard InChI is InChI=1S/C21H29F3N4O3/c1-2-25-20(30)28-12-13-31-18(15-28)14-26-8-3-9-27(11-10-26)19(29)16-4-6-17(7-5-16)21(22,23)24/h4-7,18H,2-3,8-15H2,1H3,(H,25,30). The van der Waals surface area contributed by atoms with Crippen LogP contribution in [0.25, 0.3) is 0 Å². The molecule has 0 radical (unpaired) electrons. The Hall–Kier alpha value is -2.33. The number of hydrogen-bond donors (Lipinski definition) is 1. The predicted molar refractivity (Wildman–Crippen MR) is 109 cm³/mol. The number of hydrogen-bond acceptors (Lipinski definition) is 4. The molecule has 0 aliphatic carbocycles. The average Bonchev–Trinajstić information content (AvgIpc) is 2.99. The Bertz CT molecular complexity index is 757. The number of amides is 3. The highest BCUT2D eigenvalue weighted by atomic mass is 19.4. The van der Waals surface area contributed by atoms with Crippen LogP contribution in [0.15, 0.2) is 24.3 Å². The van der Waals surface area contributed by atoms with Crippen LogP contribution in [-0.4, -0.2) is 91.7 Å². The molecule has 1 aromatic rings. The second-order valence-electron chi connectivity index (χ2n) is 7.80. The van der Waals surface area contributed by atoms with Gasteiger partial charge in [0.15, 0.2) is 0 Å². The van der Waals surface area contributed by atoms with E-state index < -0.39 is 11.7 Å². The number of rotatable bonds is 4. The van der Waals surface area contributed by atoms with Gasteiger partial charge in [-0.15, -0.1) is 0 Å². The van der Waals surface area contributed by atoms with E-state index in [1.54, 1.807) is 9.80 Å². The molecular weight excluding hydrogens is 413 g/mol. The molecule has 2 saturated heterocycles. The van der Waals surface area contributed by atoms with Crippen molar-refractivity contribution in [2.75, 3.05) is 59.0 Å². The van der Waals surface area contributed by atoms with Crippen LogP contribution >= 0.6 is 0 Å². The summed E-state index contributed by atoms with van der Waals surface area (Å²) in [7, 11) is 0. The van der Waals surface area contributed by atoms with Crippen LogP contribution in [0.3, 0.4) is 0 Å². The lowest BCUT2D eigenvalue weighted by molar-refractivity contribution is -0.137. The van der Waals surface area contributed by atoms with E-state index in [1.165, 1.54) is 12.1 Å². The molecule has 172 valence electrons. The molecule has 2 aliphatic heterocycles. The molecule has 2 aliphatic rings. The Kier molecular flexibility index (Phi) is 7.77. The van der Waals surface area contributed by atoms with Gasteiger partial charge in [-0.1, -0.05) is 0 Å². The first-order valence-electron chi connectivity index (χ1n) is 10.6. The lowest BCUT2D eigenvalue weighted by Gasteiger charge is -2.35. The molecule has 1 N–H and O–H groups in total. The third-order valence-electron chi connectivity index (χ3n) is 5.55. The number of halogens is 3. The number of morpholine rings is 1. The van der Waals surface area contributed by atoms with Crippen molar-refractivity contribution >= 4 is 11.9 Å². The topological polar surface area (TPSA) is 65.1 Å². The largest absolute Gasteiger partial charge is 0.416 e. The van der Waals surface area contributed by atoms with Crippen molar-refractivity contribution in [3.8, 4) is 0 Å². The summed E-state index contributed by atoms with van der Waals surface area (Å²) in [4.78, 5) is 30.5. The lowest BCUT2D eigenvalue weighted by atomic mass is 10.1. The molecule has 7 nitrogen and oxygen atoms in total. The van der Waals surface area contributed by atoms with Gasteiger partial charge < -0.3 is 19.9 Å². The Balaban J connectivity index is 1.52. The second kappa shape index (κ2) is 10.3. The lowest BCUT2D eigenvalue weighted by Crippen LogP contribution is -2.52. The SMILES string of the molecule is CCNC(=O)N1CCOC(CN2CCCN(C(=O)c3ccc(C(F)(F)F)cc3)CC2)C1. The van der Waals surface area contributed by atoms with Gasteiger partial charge >= 0.3 is 12.2 Å². The molecule has 31 heavy (non-hydrogen) atoms. The quantitative estimate of drug-likeness (QED) is 0.777. The third-order valence-corrected chi connectivity index (χ3v) is 5.55. The van der Waals surface area contributed by atoms with E-state index in [0.717, 1.165) is 25.1 Å². The normalized spacial score (nSPS) is 21.0. The predicted octanol–water partition coefficient (Wildman–Crippen LogP) is 2.28. The first kappa shape index (κ1) is 23.3. The maximum absolute atomic E-state index is 12.7. The van der Waals surface area contributed by atoms with Gasteiger partial charge in [0.05, 0.1) is 18.3 Å². The van der Waals surface area contributed by atoms with Crippen molar-refractivity contribution < 1.29 is 27.5 Å². The molecule has 3 rings (SSSR count). The third kappa shape index (κ3) is 6.33. The minimum atomic E-state index is -4.42. The number of nitrogens with zero attached hydrogens (tertiary/aromatic N) is 3. The van der Waals surface area contributed by atoms with E-state index in [9.17, 15) is 22.8 Å². The summed E-state index contributed by atoms with van der Waals surface area (Å²) >= 11 is 0. The van der Waals surface area contributed by atoms with Crippen molar-refractivity contribution in [1.82, 2.24) is 20.0 Å². The molecule has 0 spiro atoms. The van der Waals surface area contributed by atoms with Crippen LogP contribution in [0.4, 0.5) is 18.0 Å². The van der Waals surface area contributed by atoms with Gasteiger partial charge in [-0.2, -0.15) is 13.2 Å². The Morgan fingerprint density at radius 3 is 2.48 bits per heavy atom. The molecule has 0 saturated carbocycles. The highest BCUT2D eigenvalue weighted by Crippen LogP contribution is 2.29. The number of urea groups is 1. The molecule has 3 amide bonds. The fourth-order valence-corrected chi connectivity index (χ4v) is 3.91. The fourth-order valence-electron chi connectivity index (χ4n) is 3.91. The van der Waals surface area contributed by atoms with Gasteiger partial charge in [-0.25, -0.2) is 4.79 Å². The number of alkyl halides is 3. The van der Waals surface area contributed by atoms with Crippen LogP contribution in [0, 0.1) is 0 Å². The minimum absolute atomic E-state index is 0.0834. The monoisotopic (exact) mass is 442 g/mol. The van der Waals surface area contributed by atoms with Crippen molar-refractivity contribution in [1.29, 1.82) is 0 Å². The Morgan fingerprint density at radius 2 is 1.81 bits per heavy atom. The summed E-state index contributed by atoms with van der Waals surface area (Å²) in [5.74, 6) is -0.257. The van der Waals surface area contributed by atoms with Crippen molar-refractivity contribution in [2.24, 2.45) is 0 Å². The van der Waals surface area contributed by atoms with Crippen LogP contribution in [-0.2, 0) is 10.9 Å². The summed E-state index contributed by atoms with van der Waals surface area (Å²) in [5.41, 5.74) is -0.505. The number of carbonyl (C=O) groups is 2. The molecule has 1 aromatic carbocycles. The Labute approximate surface area is 180 Å². The van der Waals surface area contributed by atoms with Gasteiger partial charge in [-0.05, 0) is 44.2 Å². The first-order valence-corrected chi connectivity index (χ1v) is 10.6. The molecule has 2 heterocycles. The molecule has 1 atom stereocenters. The van der Waals surface area contributed by atoms with Crippen LogP contribution in [0.2, 0.25) is 0 Å². The van der Waals surface area contributed by atoms with Gasteiger partial charge in [0.1, 0.15) is 0 Å². The van der Waals surface area contributed by atoms with Crippen LogP contribution in [0.1, 0.15) is 29.3 Å². The van der Waals surface area contributed by atoms with Crippen LogP contribution < -0.4 is 5.32 Å². The molecule has 0 bridgehead atoms. The van der Waals surface area contributed by atoms with Crippen molar-refractivity contribution in [3.63, 3.8) is 0 Å². The van der Waals surface area contributed by atoms with Crippen LogP contribution in [0.5, 0.6) is 0 Å². The Morgan fingerprint density at radius 1 is 1.06 bits per heavy atom. The molecule has 2 fully saturated rings. The molecule has 0 aromatic heterocycles. The summed E-state index contributed by atoms with van der Waals surface area (Å²) < 4.78 is 44.0. The first-order chi connectivity index (χ1) is 14.8. The van der Waals surface area contributed by atoms with Gasteiger partial charge in [-0.3, -0.25) is 9.69 Å². The molecule has 10 heteroatoms. The summed E-state index contributed by atoms with van der Waals surface area (Å²) in [6.45, 7) is 7.19. The summed E-state index contributed by atoms with van der Waals surface area (Å²) in [6.07, 6.45) is -3.74.